The Balaban J connectivity index is 1.65. The van der Waals surface area contributed by atoms with Crippen LogP contribution in [0, 0.1) is 0 Å². The molecule has 3 nitrogen and oxygen atoms in total. The first kappa shape index (κ1) is 18.2. The average molecular weight is 358 g/mol. The molecule has 0 unspecified atom stereocenters. The quantitative estimate of drug-likeness (QED) is 0.836. The van der Waals surface area contributed by atoms with Gasteiger partial charge in [0.25, 0.3) is 0 Å². The molecular weight excluding hydrogens is 330 g/mol. The van der Waals surface area contributed by atoms with Crippen LogP contribution in [0.2, 0.25) is 0 Å². The maximum Gasteiger partial charge on any atom is 0.225 e. The number of nitrogens with one attached hydrogen (secondary N) is 1. The SMILES string of the molecule is CC1(C)C[C@@](CCNC(=O)Cc2cccs2)(c2ccccc2)CCO1. The van der Waals surface area contributed by atoms with Gasteiger partial charge in [-0.3, -0.25) is 4.79 Å². The second-order valence-corrected chi connectivity index (χ2v) is 8.57. The summed E-state index contributed by atoms with van der Waals surface area (Å²) in [6, 6.07) is 14.7. The van der Waals surface area contributed by atoms with E-state index < -0.39 is 0 Å². The first-order valence-electron chi connectivity index (χ1n) is 8.98. The molecule has 1 aromatic carbocycles. The van der Waals surface area contributed by atoms with Crippen LogP contribution in [-0.2, 0) is 21.4 Å². The molecule has 2 aromatic rings. The number of hydrogen-bond donors (Lipinski definition) is 1. The average Bonchev–Trinajstić information content (AvgIpc) is 3.07. The Morgan fingerprint density at radius 1 is 1.20 bits per heavy atom. The van der Waals surface area contributed by atoms with E-state index in [9.17, 15) is 4.79 Å². The molecule has 1 atom stereocenters. The maximum atomic E-state index is 12.2. The van der Waals surface area contributed by atoms with Gasteiger partial charge < -0.3 is 10.1 Å². The molecule has 1 aliphatic rings. The van der Waals surface area contributed by atoms with Gasteiger partial charge in [-0.2, -0.15) is 0 Å². The van der Waals surface area contributed by atoms with Crippen molar-refractivity contribution in [3.63, 3.8) is 0 Å². The number of ether oxygens (including phenoxy) is 1. The number of thiophene rings is 1. The van der Waals surface area contributed by atoms with E-state index in [0.29, 0.717) is 13.0 Å². The van der Waals surface area contributed by atoms with Gasteiger partial charge in [0, 0.05) is 23.4 Å². The fraction of sp³-hybridized carbons (Fsp3) is 0.476. The standard InChI is InChI=1S/C21H27NO2S/c1-20(2)16-21(11-13-24-20,17-7-4-3-5-8-17)10-12-22-19(23)15-18-9-6-14-25-18/h3-9,14H,10-13,15-16H2,1-2H3,(H,22,23)/t21-/m0/s1. The van der Waals surface area contributed by atoms with Crippen molar-refractivity contribution in [1.82, 2.24) is 5.32 Å². The topological polar surface area (TPSA) is 38.3 Å². The Morgan fingerprint density at radius 3 is 2.68 bits per heavy atom. The van der Waals surface area contributed by atoms with Gasteiger partial charge in [0.15, 0.2) is 0 Å². The number of amides is 1. The second kappa shape index (κ2) is 7.71. The largest absolute Gasteiger partial charge is 0.376 e. The van der Waals surface area contributed by atoms with Gasteiger partial charge in [0.1, 0.15) is 0 Å². The van der Waals surface area contributed by atoms with Crippen LogP contribution in [0.25, 0.3) is 0 Å². The van der Waals surface area contributed by atoms with Crippen LogP contribution in [-0.4, -0.2) is 24.7 Å². The van der Waals surface area contributed by atoms with Crippen molar-refractivity contribution >= 4 is 17.2 Å². The molecule has 4 heteroatoms. The molecule has 0 bridgehead atoms. The highest BCUT2D eigenvalue weighted by Gasteiger charge is 2.41. The molecule has 2 heterocycles. The van der Waals surface area contributed by atoms with Gasteiger partial charge in [-0.1, -0.05) is 36.4 Å². The van der Waals surface area contributed by atoms with Crippen molar-refractivity contribution in [2.45, 2.75) is 50.5 Å². The molecule has 0 radical (unpaired) electrons. The molecule has 1 aromatic heterocycles. The lowest BCUT2D eigenvalue weighted by molar-refractivity contribution is -0.120. The third-order valence-corrected chi connectivity index (χ3v) is 5.94. The number of carbonyl (C=O) groups is 1. The predicted molar refractivity (Wildman–Crippen MR) is 103 cm³/mol. The monoisotopic (exact) mass is 357 g/mol. The third-order valence-electron chi connectivity index (χ3n) is 5.06. The van der Waals surface area contributed by atoms with Crippen LogP contribution in [0.1, 0.15) is 43.6 Å². The molecule has 1 aliphatic heterocycles. The molecule has 134 valence electrons. The Hall–Kier alpha value is -1.65. The highest BCUT2D eigenvalue weighted by Crippen LogP contribution is 2.43. The summed E-state index contributed by atoms with van der Waals surface area (Å²) in [6.07, 6.45) is 3.40. The van der Waals surface area contributed by atoms with Crippen molar-refractivity contribution in [1.29, 1.82) is 0 Å². The van der Waals surface area contributed by atoms with E-state index in [1.807, 2.05) is 17.5 Å². The van der Waals surface area contributed by atoms with Crippen LogP contribution in [0.4, 0.5) is 0 Å². The number of benzene rings is 1. The highest BCUT2D eigenvalue weighted by molar-refractivity contribution is 7.10. The Bertz CT molecular complexity index is 681. The lowest BCUT2D eigenvalue weighted by atomic mass is 9.67. The van der Waals surface area contributed by atoms with Gasteiger partial charge in [0.05, 0.1) is 12.0 Å². The Kier molecular flexibility index (Phi) is 5.60. The van der Waals surface area contributed by atoms with E-state index in [1.54, 1.807) is 11.3 Å². The molecule has 0 saturated carbocycles. The van der Waals surface area contributed by atoms with E-state index in [4.69, 9.17) is 4.74 Å². The van der Waals surface area contributed by atoms with Crippen LogP contribution in [0.5, 0.6) is 0 Å². The number of rotatable bonds is 6. The third kappa shape index (κ3) is 4.71. The van der Waals surface area contributed by atoms with E-state index >= 15 is 0 Å². The zero-order valence-corrected chi connectivity index (χ0v) is 15.9. The molecular formula is C21H27NO2S. The zero-order valence-electron chi connectivity index (χ0n) is 15.1. The van der Waals surface area contributed by atoms with Gasteiger partial charge >= 0.3 is 0 Å². The summed E-state index contributed by atoms with van der Waals surface area (Å²) in [6.45, 7) is 5.80. The van der Waals surface area contributed by atoms with Gasteiger partial charge in [0.2, 0.25) is 5.91 Å². The van der Waals surface area contributed by atoms with Gasteiger partial charge in [-0.25, -0.2) is 0 Å². The first-order valence-corrected chi connectivity index (χ1v) is 9.86. The maximum absolute atomic E-state index is 12.2. The van der Waals surface area contributed by atoms with Crippen LogP contribution in [0.3, 0.4) is 0 Å². The summed E-state index contributed by atoms with van der Waals surface area (Å²) in [4.78, 5) is 13.3. The minimum Gasteiger partial charge on any atom is -0.376 e. The molecule has 0 spiro atoms. The first-order chi connectivity index (χ1) is 12.0. The highest BCUT2D eigenvalue weighted by atomic mass is 32.1. The number of carbonyl (C=O) groups excluding carboxylic acids is 1. The molecule has 0 aliphatic carbocycles. The lowest BCUT2D eigenvalue weighted by Gasteiger charge is -2.45. The summed E-state index contributed by atoms with van der Waals surface area (Å²) in [7, 11) is 0. The summed E-state index contributed by atoms with van der Waals surface area (Å²) in [5.41, 5.74) is 1.30. The smallest absolute Gasteiger partial charge is 0.225 e. The summed E-state index contributed by atoms with van der Waals surface area (Å²) in [5, 5.41) is 5.13. The fourth-order valence-electron chi connectivity index (χ4n) is 3.95. The fourth-order valence-corrected chi connectivity index (χ4v) is 4.65. The van der Waals surface area contributed by atoms with Crippen molar-refractivity contribution in [3.8, 4) is 0 Å². The van der Waals surface area contributed by atoms with Crippen LogP contribution >= 0.6 is 11.3 Å². The predicted octanol–water partition coefficient (Wildman–Crippen LogP) is 4.32. The molecule has 1 saturated heterocycles. The van der Waals surface area contributed by atoms with Crippen molar-refractivity contribution < 1.29 is 9.53 Å². The zero-order chi connectivity index (χ0) is 17.8. The normalized spacial score (nSPS) is 22.5. The van der Waals surface area contributed by atoms with Crippen LogP contribution < -0.4 is 5.32 Å². The van der Waals surface area contributed by atoms with Crippen molar-refractivity contribution in [3.05, 3.63) is 58.3 Å². The number of hydrogen-bond acceptors (Lipinski definition) is 3. The Labute approximate surface area is 154 Å². The second-order valence-electron chi connectivity index (χ2n) is 7.54. The summed E-state index contributed by atoms with van der Waals surface area (Å²) < 4.78 is 5.95. The van der Waals surface area contributed by atoms with E-state index in [1.165, 1.54) is 5.56 Å². The minimum atomic E-state index is -0.130. The van der Waals surface area contributed by atoms with E-state index in [2.05, 4.69) is 49.5 Å². The lowest BCUT2D eigenvalue weighted by Crippen LogP contribution is -2.45. The Morgan fingerprint density at radius 2 is 2.00 bits per heavy atom. The molecule has 1 amide bonds. The molecule has 25 heavy (non-hydrogen) atoms. The van der Waals surface area contributed by atoms with Crippen molar-refractivity contribution in [2.75, 3.05) is 13.2 Å². The molecule has 1 N–H and O–H groups in total. The molecule has 3 rings (SSSR count). The van der Waals surface area contributed by atoms with Gasteiger partial charge in [-0.15, -0.1) is 11.3 Å². The summed E-state index contributed by atoms with van der Waals surface area (Å²) >= 11 is 1.63. The van der Waals surface area contributed by atoms with Crippen LogP contribution in [0.15, 0.2) is 47.8 Å². The molecule has 1 fully saturated rings. The van der Waals surface area contributed by atoms with E-state index in [0.717, 1.165) is 30.7 Å². The van der Waals surface area contributed by atoms with Gasteiger partial charge in [-0.05, 0) is 50.1 Å². The van der Waals surface area contributed by atoms with E-state index in [-0.39, 0.29) is 16.9 Å². The van der Waals surface area contributed by atoms with Crippen molar-refractivity contribution in [2.24, 2.45) is 0 Å². The summed E-state index contributed by atoms with van der Waals surface area (Å²) in [5.74, 6) is 0.108. The minimum absolute atomic E-state index is 0.0687.